The molecule has 0 aromatic carbocycles. The lowest BCUT2D eigenvalue weighted by Gasteiger charge is -2.12. The van der Waals surface area contributed by atoms with Gasteiger partial charge in [0.05, 0.1) is 18.8 Å². The highest BCUT2D eigenvalue weighted by Gasteiger charge is 2.19. The summed E-state index contributed by atoms with van der Waals surface area (Å²) in [6, 6.07) is 6.80. The molecule has 0 atom stereocenters. The lowest BCUT2D eigenvalue weighted by Crippen LogP contribution is -2.08. The molecule has 0 unspecified atom stereocenters. The van der Waals surface area contributed by atoms with Crippen molar-refractivity contribution in [3.05, 3.63) is 46.5 Å². The van der Waals surface area contributed by atoms with Crippen LogP contribution in [0.1, 0.15) is 22.9 Å². The molecule has 3 aromatic rings. The summed E-state index contributed by atoms with van der Waals surface area (Å²) in [4.78, 5) is 22.2. The first-order chi connectivity index (χ1) is 14.7. The molecular formula is C21H21N3O5S2. The van der Waals surface area contributed by atoms with Crippen LogP contribution in [0.15, 0.2) is 35.5 Å². The standard InChI is InChI=1S/C21H21N3O5S2/c1-12-6-20(24-21(7-12)31(3,26)27)29-16-9-19(23-13(2)25)22-10-15(16)18-8-14-11-28-5-4-17(14)30-18/h6-10H,4-5,11H2,1-3H3,(H,22,23,25). The summed E-state index contributed by atoms with van der Waals surface area (Å²) in [5.74, 6) is 0.622. The van der Waals surface area contributed by atoms with Gasteiger partial charge in [-0.1, -0.05) is 0 Å². The number of amides is 1. The second kappa shape index (κ2) is 8.37. The van der Waals surface area contributed by atoms with Gasteiger partial charge >= 0.3 is 0 Å². The number of hydrogen-bond acceptors (Lipinski definition) is 8. The van der Waals surface area contributed by atoms with E-state index < -0.39 is 9.84 Å². The molecule has 162 valence electrons. The molecule has 31 heavy (non-hydrogen) atoms. The van der Waals surface area contributed by atoms with E-state index >= 15 is 0 Å². The Balaban J connectivity index is 1.79. The summed E-state index contributed by atoms with van der Waals surface area (Å²) in [6.07, 6.45) is 3.58. The van der Waals surface area contributed by atoms with Crippen molar-refractivity contribution >= 4 is 32.9 Å². The number of anilines is 1. The van der Waals surface area contributed by atoms with E-state index in [9.17, 15) is 13.2 Å². The number of sulfone groups is 1. The van der Waals surface area contributed by atoms with E-state index in [1.807, 2.05) is 6.07 Å². The minimum absolute atomic E-state index is 0.0658. The molecule has 0 saturated heterocycles. The van der Waals surface area contributed by atoms with Crippen LogP contribution in [0.2, 0.25) is 0 Å². The molecule has 1 aliphatic heterocycles. The lowest BCUT2D eigenvalue weighted by molar-refractivity contribution is -0.114. The molecule has 10 heteroatoms. The van der Waals surface area contributed by atoms with Crippen LogP contribution in [0.5, 0.6) is 11.6 Å². The number of ether oxygens (including phenoxy) is 2. The van der Waals surface area contributed by atoms with Gasteiger partial charge in [0, 0.05) is 47.7 Å². The highest BCUT2D eigenvalue weighted by Crippen LogP contribution is 2.40. The predicted octanol–water partition coefficient (Wildman–Crippen LogP) is 3.74. The van der Waals surface area contributed by atoms with Crippen LogP contribution in [-0.2, 0) is 32.4 Å². The van der Waals surface area contributed by atoms with Crippen LogP contribution in [-0.4, -0.2) is 37.2 Å². The Bertz CT molecular complexity index is 1240. The lowest BCUT2D eigenvalue weighted by atomic mass is 10.1. The second-order valence-electron chi connectivity index (χ2n) is 7.30. The Morgan fingerprint density at radius 3 is 2.77 bits per heavy atom. The quantitative estimate of drug-likeness (QED) is 0.619. The van der Waals surface area contributed by atoms with Gasteiger partial charge in [0.25, 0.3) is 0 Å². The molecule has 0 spiro atoms. The van der Waals surface area contributed by atoms with E-state index in [-0.39, 0.29) is 16.8 Å². The van der Waals surface area contributed by atoms with Gasteiger partial charge in [-0.15, -0.1) is 11.3 Å². The summed E-state index contributed by atoms with van der Waals surface area (Å²) in [6.45, 7) is 4.42. The van der Waals surface area contributed by atoms with Gasteiger partial charge in [-0.05, 0) is 30.2 Å². The minimum Gasteiger partial charge on any atom is -0.438 e. The monoisotopic (exact) mass is 459 g/mol. The molecule has 1 aliphatic rings. The van der Waals surface area contributed by atoms with Crippen LogP contribution in [0.25, 0.3) is 10.4 Å². The van der Waals surface area contributed by atoms with Gasteiger partial charge in [0.2, 0.25) is 11.8 Å². The third-order valence-electron chi connectivity index (χ3n) is 4.58. The number of fused-ring (bicyclic) bond motifs is 1. The predicted molar refractivity (Wildman–Crippen MR) is 117 cm³/mol. The van der Waals surface area contributed by atoms with Crippen molar-refractivity contribution in [1.82, 2.24) is 9.97 Å². The molecule has 0 saturated carbocycles. The first-order valence-corrected chi connectivity index (χ1v) is 12.2. The average molecular weight is 460 g/mol. The average Bonchev–Trinajstić information content (AvgIpc) is 3.10. The Hall–Kier alpha value is -2.82. The highest BCUT2D eigenvalue weighted by molar-refractivity contribution is 7.90. The van der Waals surface area contributed by atoms with Gasteiger partial charge < -0.3 is 14.8 Å². The van der Waals surface area contributed by atoms with Gasteiger partial charge in [-0.3, -0.25) is 4.79 Å². The van der Waals surface area contributed by atoms with Crippen molar-refractivity contribution in [2.75, 3.05) is 18.2 Å². The zero-order valence-electron chi connectivity index (χ0n) is 17.3. The Labute approximate surface area is 184 Å². The van der Waals surface area contributed by atoms with Crippen LogP contribution in [0.3, 0.4) is 0 Å². The number of nitrogens with one attached hydrogen (secondary N) is 1. The highest BCUT2D eigenvalue weighted by atomic mass is 32.2. The van der Waals surface area contributed by atoms with Crippen molar-refractivity contribution in [3.63, 3.8) is 0 Å². The Morgan fingerprint density at radius 2 is 2.06 bits per heavy atom. The van der Waals surface area contributed by atoms with E-state index in [0.29, 0.717) is 30.3 Å². The van der Waals surface area contributed by atoms with Crippen LogP contribution >= 0.6 is 11.3 Å². The number of thiophene rings is 1. The number of aryl methyl sites for hydroxylation is 1. The van der Waals surface area contributed by atoms with Crippen molar-refractivity contribution in [2.24, 2.45) is 0 Å². The second-order valence-corrected chi connectivity index (χ2v) is 10.4. The summed E-state index contributed by atoms with van der Waals surface area (Å²) >= 11 is 1.64. The minimum atomic E-state index is -3.50. The fourth-order valence-electron chi connectivity index (χ4n) is 3.19. The Kier molecular flexibility index (Phi) is 5.78. The number of aromatic nitrogens is 2. The summed E-state index contributed by atoms with van der Waals surface area (Å²) < 4.78 is 35.5. The first-order valence-electron chi connectivity index (χ1n) is 9.53. The number of carbonyl (C=O) groups excluding carboxylic acids is 1. The van der Waals surface area contributed by atoms with Gasteiger partial charge in [0.1, 0.15) is 11.6 Å². The third kappa shape index (κ3) is 4.92. The number of rotatable bonds is 5. The summed E-state index contributed by atoms with van der Waals surface area (Å²) in [7, 11) is -3.50. The zero-order valence-corrected chi connectivity index (χ0v) is 18.9. The van der Waals surface area contributed by atoms with E-state index in [2.05, 4.69) is 15.3 Å². The smallest absolute Gasteiger partial charge is 0.222 e. The maximum Gasteiger partial charge on any atom is 0.222 e. The normalized spacial score (nSPS) is 13.5. The first kappa shape index (κ1) is 21.4. The van der Waals surface area contributed by atoms with E-state index in [1.165, 1.54) is 17.9 Å². The van der Waals surface area contributed by atoms with Gasteiger partial charge in [0.15, 0.2) is 14.9 Å². The molecule has 4 rings (SSSR count). The molecule has 4 heterocycles. The maximum absolute atomic E-state index is 12.0. The third-order valence-corrected chi connectivity index (χ3v) is 6.82. The van der Waals surface area contributed by atoms with Crippen LogP contribution in [0.4, 0.5) is 5.82 Å². The maximum atomic E-state index is 12.0. The molecule has 0 aliphatic carbocycles. The molecular weight excluding hydrogens is 438 g/mol. The number of hydrogen-bond donors (Lipinski definition) is 1. The van der Waals surface area contributed by atoms with Crippen molar-refractivity contribution in [3.8, 4) is 22.1 Å². The van der Waals surface area contributed by atoms with Crippen molar-refractivity contribution < 1.29 is 22.7 Å². The van der Waals surface area contributed by atoms with Crippen LogP contribution < -0.4 is 10.1 Å². The summed E-state index contributed by atoms with van der Waals surface area (Å²) in [5, 5.41) is 2.58. The SMILES string of the molecule is CC(=O)Nc1cc(Oc2cc(C)cc(S(C)(=O)=O)n2)c(-c2cc3c(s2)CCOC3)cn1. The molecule has 1 amide bonds. The fraction of sp³-hybridized carbons (Fsp3) is 0.286. The van der Waals surface area contributed by atoms with E-state index in [4.69, 9.17) is 9.47 Å². The molecule has 8 nitrogen and oxygen atoms in total. The number of nitrogens with zero attached hydrogens (tertiary/aromatic N) is 2. The van der Waals surface area contributed by atoms with Crippen LogP contribution in [0, 0.1) is 6.92 Å². The molecule has 1 N–H and O–H groups in total. The molecule has 0 fully saturated rings. The molecule has 3 aromatic heterocycles. The van der Waals surface area contributed by atoms with Crippen molar-refractivity contribution in [1.29, 1.82) is 0 Å². The number of pyridine rings is 2. The van der Waals surface area contributed by atoms with E-state index in [1.54, 1.807) is 36.6 Å². The van der Waals surface area contributed by atoms with Gasteiger partial charge in [-0.25, -0.2) is 18.4 Å². The van der Waals surface area contributed by atoms with E-state index in [0.717, 1.165) is 28.7 Å². The number of carbonyl (C=O) groups is 1. The Morgan fingerprint density at radius 1 is 1.26 bits per heavy atom. The van der Waals surface area contributed by atoms with Crippen molar-refractivity contribution in [2.45, 2.75) is 31.9 Å². The molecule has 0 bridgehead atoms. The van der Waals surface area contributed by atoms with Gasteiger partial charge in [-0.2, -0.15) is 0 Å². The molecule has 0 radical (unpaired) electrons. The zero-order chi connectivity index (χ0) is 22.2. The fourth-order valence-corrected chi connectivity index (χ4v) is 5.01. The summed E-state index contributed by atoms with van der Waals surface area (Å²) in [5.41, 5.74) is 2.56. The largest absolute Gasteiger partial charge is 0.438 e. The topological polar surface area (TPSA) is 107 Å².